The fourth-order valence-corrected chi connectivity index (χ4v) is 12.9. The van der Waals surface area contributed by atoms with Gasteiger partial charge in [-0.25, -0.2) is 24.0 Å². The zero-order valence-electron chi connectivity index (χ0n) is 48.9. The lowest BCUT2D eigenvalue weighted by molar-refractivity contribution is -0.311. The van der Waals surface area contributed by atoms with Gasteiger partial charge in [0, 0.05) is 50.6 Å². The summed E-state index contributed by atoms with van der Waals surface area (Å²) >= 11 is 0. The average Bonchev–Trinajstić information content (AvgIpc) is 1.27. The molecular formula is C62H46O37. The molecule has 6 bridgehead atoms. The molecule has 14 rings (SSSR count). The predicted molar refractivity (Wildman–Crippen MR) is 309 cm³/mol. The van der Waals surface area contributed by atoms with Gasteiger partial charge >= 0.3 is 29.8 Å². The van der Waals surface area contributed by atoms with Crippen LogP contribution in [0.15, 0.2) is 42.5 Å². The fourth-order valence-electron chi connectivity index (χ4n) is 12.9. The van der Waals surface area contributed by atoms with Gasteiger partial charge in [0.1, 0.15) is 53.8 Å². The summed E-state index contributed by atoms with van der Waals surface area (Å²) in [5.41, 5.74) is -20.0. The molecule has 7 heterocycles. The number of hydrogen-bond donors (Lipinski definition) is 23. The molecule has 0 aromatic heterocycles. The average molecular weight is 1380 g/mol. The van der Waals surface area contributed by atoms with Gasteiger partial charge in [0.2, 0.25) is 34.5 Å². The zero-order valence-corrected chi connectivity index (χ0v) is 48.9. The van der Waals surface area contributed by atoms with E-state index >= 15 is 24.0 Å². The Morgan fingerprint density at radius 2 is 0.869 bits per heavy atom. The van der Waals surface area contributed by atoms with E-state index in [9.17, 15) is 122 Å². The maximum atomic E-state index is 16.0. The number of aromatic hydroxyl groups is 19. The van der Waals surface area contributed by atoms with E-state index in [0.29, 0.717) is 12.1 Å². The third-order valence-electron chi connectivity index (χ3n) is 17.6. The van der Waals surface area contributed by atoms with E-state index in [-0.39, 0.29) is 17.7 Å². The second-order valence-electron chi connectivity index (χ2n) is 23.0. The summed E-state index contributed by atoms with van der Waals surface area (Å²) in [5.74, 6) is -45.5. The lowest BCUT2D eigenvalue weighted by atomic mass is 9.73. The highest BCUT2D eigenvalue weighted by molar-refractivity contribution is 6.17. The second-order valence-corrected chi connectivity index (χ2v) is 23.0. The van der Waals surface area contributed by atoms with Crippen LogP contribution in [0.5, 0.6) is 115 Å². The number of aliphatic hydroxyl groups excluding tert-OH is 4. The van der Waals surface area contributed by atoms with Gasteiger partial charge in [-0.1, -0.05) is 6.07 Å². The monoisotopic (exact) mass is 1380 g/mol. The maximum Gasteiger partial charge on any atom is 0.340 e. The number of phenolic OH excluding ortho intramolecular Hbond substituents is 19. The van der Waals surface area contributed by atoms with Crippen LogP contribution >= 0.6 is 0 Å². The molecule has 12 atom stereocenters. The fraction of sp³-hybridized carbons (Fsp3) is 0.226. The quantitative estimate of drug-likeness (QED) is 0.0642. The third kappa shape index (κ3) is 9.38. The number of carbonyl (C=O) groups excluding carboxylic acids is 6. The predicted octanol–water partition coefficient (Wildman–Crippen LogP) is 0.740. The van der Waals surface area contributed by atoms with Crippen molar-refractivity contribution in [3.05, 3.63) is 92.5 Å². The normalized spacial score (nSPS) is 24.5. The van der Waals surface area contributed by atoms with Crippen molar-refractivity contribution in [3.8, 4) is 148 Å². The molecule has 0 amide bonds. The number of ether oxygens (including phenoxy) is 8. The number of phenols is 19. The number of ketones is 1. The molecule has 0 unspecified atom stereocenters. The van der Waals surface area contributed by atoms with Gasteiger partial charge < -0.3 is 155 Å². The molecular weight excluding hydrogens is 1340 g/mol. The van der Waals surface area contributed by atoms with Crippen LogP contribution in [0.2, 0.25) is 0 Å². The first-order valence-corrected chi connectivity index (χ1v) is 28.5. The number of carbonyl (C=O) groups is 6. The molecule has 1 saturated heterocycles. The molecule has 7 aromatic carbocycles. The van der Waals surface area contributed by atoms with Gasteiger partial charge in [-0.2, -0.15) is 0 Å². The van der Waals surface area contributed by atoms with Crippen molar-refractivity contribution in [2.24, 2.45) is 0 Å². The smallest absolute Gasteiger partial charge is 0.340 e. The molecule has 7 aliphatic heterocycles. The lowest BCUT2D eigenvalue weighted by Crippen LogP contribution is -2.60. The Hall–Kier alpha value is -12.7. The molecule has 0 spiro atoms. The number of fused-ring (bicyclic) bond motifs is 8. The van der Waals surface area contributed by atoms with Crippen molar-refractivity contribution in [2.45, 2.75) is 73.2 Å². The SMILES string of the molecule is O=C1OC[C@H]2OC(=O)c3cc(O)c(O)c(O)c3-c3c(O)c(O)c(O)c4c3C(=O)O[C@H]([C@H]3OC(=O)c5c-4c(O)c(O)c(O)c5[C@@H]3c3c(O)cc4c(c3O)C(=O)[C@@H](O[C@@H]3O[C@H](CO)[C@@H](O)[C@H](O)[C@H]3O)[C@H](c3ccc(O)c(O)c3)O4)[C@@H]2OC(=O)c2cc(O)c(O)c(O)c2-c2c1cc(O)c(O)c2O. The summed E-state index contributed by atoms with van der Waals surface area (Å²) in [7, 11) is 0. The van der Waals surface area contributed by atoms with Gasteiger partial charge in [0.15, 0.2) is 112 Å². The number of cyclic esters (lactones) is 1. The van der Waals surface area contributed by atoms with Crippen LogP contribution < -0.4 is 4.74 Å². The molecule has 0 aliphatic carbocycles. The number of aliphatic hydroxyl groups is 4. The van der Waals surface area contributed by atoms with Crippen LogP contribution in [0, 0.1) is 0 Å². The highest BCUT2D eigenvalue weighted by atomic mass is 16.7. The molecule has 1 fully saturated rings. The third-order valence-corrected chi connectivity index (χ3v) is 17.6. The molecule has 37 nitrogen and oxygen atoms in total. The molecule has 7 aliphatic rings. The summed E-state index contributed by atoms with van der Waals surface area (Å²) in [6.45, 7) is -2.82. The van der Waals surface area contributed by atoms with E-state index in [0.717, 1.165) is 18.2 Å². The first kappa shape index (κ1) is 65.0. The van der Waals surface area contributed by atoms with Crippen LogP contribution in [0.3, 0.4) is 0 Å². The minimum Gasteiger partial charge on any atom is -0.507 e. The molecule has 0 saturated carbocycles. The van der Waals surface area contributed by atoms with Gasteiger partial charge in [-0.05, 0) is 35.9 Å². The van der Waals surface area contributed by atoms with Crippen molar-refractivity contribution in [3.63, 3.8) is 0 Å². The maximum absolute atomic E-state index is 16.0. The zero-order chi connectivity index (χ0) is 71.6. The summed E-state index contributed by atoms with van der Waals surface area (Å²) in [6, 6.07) is 4.02. The Labute approximate surface area is 545 Å². The number of rotatable bonds is 5. The number of hydrogen-bond acceptors (Lipinski definition) is 37. The minimum absolute atomic E-state index is 0.235. The Kier molecular flexibility index (Phi) is 14.9. The van der Waals surface area contributed by atoms with Crippen LogP contribution in [0.1, 0.15) is 90.9 Å². The van der Waals surface area contributed by atoms with Gasteiger partial charge in [-0.15, -0.1) is 0 Å². The first-order valence-electron chi connectivity index (χ1n) is 28.5. The van der Waals surface area contributed by atoms with E-state index in [4.69, 9.17) is 37.9 Å². The summed E-state index contributed by atoms with van der Waals surface area (Å²) in [5, 5.41) is 262. The van der Waals surface area contributed by atoms with Crippen LogP contribution in [-0.4, -0.2) is 228 Å². The summed E-state index contributed by atoms with van der Waals surface area (Å²) < 4.78 is 47.0. The topological polar surface area (TPSA) is 642 Å². The van der Waals surface area contributed by atoms with E-state index in [1.807, 2.05) is 0 Å². The van der Waals surface area contributed by atoms with Crippen LogP contribution in [0.25, 0.3) is 33.4 Å². The Bertz CT molecular complexity index is 4800. The molecule has 0 radical (unpaired) electrons. The van der Waals surface area contributed by atoms with Crippen molar-refractivity contribution in [1.29, 1.82) is 0 Å². The largest absolute Gasteiger partial charge is 0.507 e. The molecule has 7 aromatic rings. The van der Waals surface area contributed by atoms with Gasteiger partial charge in [0.05, 0.1) is 40.3 Å². The van der Waals surface area contributed by atoms with Crippen LogP contribution in [0.4, 0.5) is 0 Å². The molecule has 516 valence electrons. The van der Waals surface area contributed by atoms with E-state index < -0.39 is 315 Å². The number of benzene rings is 7. The van der Waals surface area contributed by atoms with E-state index in [2.05, 4.69) is 0 Å². The van der Waals surface area contributed by atoms with Crippen LogP contribution in [-0.2, 0) is 33.2 Å². The highest BCUT2D eigenvalue weighted by Crippen LogP contribution is 2.64. The minimum atomic E-state index is -3.20. The lowest BCUT2D eigenvalue weighted by Gasteiger charge is -2.43. The standard InChI is InChI=1S/C62H46O37/c63-8-21-38(73)48(83)51(86)62(95-21)99-55-47(82)27-20(93-52(55)10-1-2-14(64)15(65)3-10)7-16(66)26(39(27)74)32-31-34-30(45(80)50(85)46(31)81)29-33-28(43(78)49(84)44(29)79)25-13(6-19(69)37(72)42(25)77)58(88)94-22-9-92-57(87)11-4-17(67)35(70)40(75)23(11)24-12(5-18(68)36(71)41(24)76)59(89)96-53(22)56(98-61(33)91)54(32)97-60(34)90/h1-7,21-22,32,38,48,51-56,62-81,83-86H,8-9H2/t21-,22-,32+,38-,48+,51-,52+,53-,54+,55-,56+,62+/m1/s1. The van der Waals surface area contributed by atoms with Gasteiger partial charge in [-0.3, -0.25) is 4.79 Å². The molecule has 23 N–H and O–H groups in total. The van der Waals surface area contributed by atoms with Crippen molar-refractivity contribution in [2.75, 3.05) is 13.2 Å². The first-order chi connectivity index (χ1) is 46.7. The molecule has 99 heavy (non-hydrogen) atoms. The summed E-state index contributed by atoms with van der Waals surface area (Å²) in [6.07, 6.45) is -27.3. The van der Waals surface area contributed by atoms with E-state index in [1.54, 1.807) is 0 Å². The van der Waals surface area contributed by atoms with Gasteiger partial charge in [0.25, 0.3) is 0 Å². The number of esters is 5. The summed E-state index contributed by atoms with van der Waals surface area (Å²) in [4.78, 5) is 92.3. The Morgan fingerprint density at radius 3 is 1.43 bits per heavy atom. The van der Waals surface area contributed by atoms with E-state index in [1.165, 1.54) is 0 Å². The highest BCUT2D eigenvalue weighted by Gasteiger charge is 2.59. The van der Waals surface area contributed by atoms with Crippen molar-refractivity contribution in [1.82, 2.24) is 0 Å². The Balaban J connectivity index is 1.14. The van der Waals surface area contributed by atoms with Crippen molar-refractivity contribution < 1.29 is 184 Å². The van der Waals surface area contributed by atoms with Crippen molar-refractivity contribution >= 4 is 35.6 Å². The second kappa shape index (κ2) is 22.7. The Morgan fingerprint density at radius 1 is 0.384 bits per heavy atom. The number of Topliss-reactive ketones (excluding diaryl/α,β-unsaturated/α-hetero) is 1. The molecule has 37 heteroatoms.